The van der Waals surface area contributed by atoms with Gasteiger partial charge in [0.2, 0.25) is 11.8 Å². The Bertz CT molecular complexity index is 595. The topological polar surface area (TPSA) is 112 Å². The third kappa shape index (κ3) is 6.32. The van der Waals surface area contributed by atoms with Gasteiger partial charge in [-0.15, -0.1) is 12.4 Å². The van der Waals surface area contributed by atoms with Crippen molar-refractivity contribution in [2.24, 2.45) is 11.7 Å². The van der Waals surface area contributed by atoms with E-state index in [9.17, 15) is 9.59 Å². The van der Waals surface area contributed by atoms with E-state index in [0.717, 1.165) is 0 Å². The molecule has 0 radical (unpaired) electrons. The number of carbonyl (C=O) groups is 2. The zero-order valence-corrected chi connectivity index (χ0v) is 15.9. The van der Waals surface area contributed by atoms with Gasteiger partial charge in [0.1, 0.15) is 5.75 Å². The lowest BCUT2D eigenvalue weighted by Gasteiger charge is -2.16. The summed E-state index contributed by atoms with van der Waals surface area (Å²) in [6, 6.07) is 2.52. The molecule has 0 saturated heterocycles. The van der Waals surface area contributed by atoms with Crippen LogP contribution in [0.4, 0.5) is 5.69 Å². The van der Waals surface area contributed by atoms with Crippen LogP contribution in [0.5, 0.6) is 17.2 Å². The van der Waals surface area contributed by atoms with Crippen LogP contribution in [-0.2, 0) is 9.59 Å². The van der Waals surface area contributed by atoms with Crippen molar-refractivity contribution in [1.82, 2.24) is 5.32 Å². The predicted octanol–water partition coefficient (Wildman–Crippen LogP) is 1.17. The molecule has 0 aliphatic heterocycles. The summed E-state index contributed by atoms with van der Waals surface area (Å²) in [5, 5.41) is 5.16. The summed E-state index contributed by atoms with van der Waals surface area (Å²) < 4.78 is 15.6. The minimum atomic E-state index is -0.659. The number of amides is 2. The number of rotatable bonds is 8. The Balaban J connectivity index is 0.00000576. The number of carbonyl (C=O) groups excluding carboxylic acids is 2. The number of hydrogen-bond donors (Lipinski definition) is 3. The molecule has 2 amide bonds. The summed E-state index contributed by atoms with van der Waals surface area (Å²) in [7, 11) is 4.47. The van der Waals surface area contributed by atoms with Crippen molar-refractivity contribution in [3.8, 4) is 17.2 Å². The van der Waals surface area contributed by atoms with Crippen LogP contribution in [0.1, 0.15) is 13.8 Å². The third-order valence-corrected chi connectivity index (χ3v) is 3.42. The summed E-state index contributed by atoms with van der Waals surface area (Å²) in [6.07, 6.45) is 0. The van der Waals surface area contributed by atoms with E-state index in [0.29, 0.717) is 22.9 Å². The number of methoxy groups -OCH3 is 3. The molecule has 0 aliphatic carbocycles. The molecule has 1 atom stereocenters. The largest absolute Gasteiger partial charge is 0.494 e. The van der Waals surface area contributed by atoms with Crippen LogP contribution in [0.2, 0.25) is 0 Å². The molecule has 4 N–H and O–H groups in total. The third-order valence-electron chi connectivity index (χ3n) is 3.42. The lowest BCUT2D eigenvalue weighted by Crippen LogP contribution is -2.46. The van der Waals surface area contributed by atoms with Crippen molar-refractivity contribution >= 4 is 29.9 Å². The van der Waals surface area contributed by atoms with Gasteiger partial charge in [0.05, 0.1) is 39.6 Å². The van der Waals surface area contributed by atoms with Gasteiger partial charge >= 0.3 is 0 Å². The first-order valence-electron chi connectivity index (χ1n) is 7.47. The fraction of sp³-hybridized carbons (Fsp3) is 0.500. The molecule has 0 bridgehead atoms. The zero-order valence-electron chi connectivity index (χ0n) is 15.0. The van der Waals surface area contributed by atoms with E-state index in [2.05, 4.69) is 10.6 Å². The summed E-state index contributed by atoms with van der Waals surface area (Å²) in [5.41, 5.74) is 6.13. The average molecular weight is 376 g/mol. The van der Waals surface area contributed by atoms with Crippen LogP contribution in [0.25, 0.3) is 0 Å². The van der Waals surface area contributed by atoms with Gasteiger partial charge in [-0.1, -0.05) is 13.8 Å². The van der Waals surface area contributed by atoms with Crippen LogP contribution in [-0.4, -0.2) is 45.7 Å². The predicted molar refractivity (Wildman–Crippen MR) is 97.8 cm³/mol. The molecule has 9 heteroatoms. The number of nitrogens with two attached hydrogens (primary N) is 1. The monoisotopic (exact) mass is 375 g/mol. The fourth-order valence-corrected chi connectivity index (χ4v) is 1.91. The Labute approximate surface area is 153 Å². The number of benzene rings is 1. The van der Waals surface area contributed by atoms with Crippen LogP contribution < -0.4 is 30.6 Å². The number of anilines is 1. The normalized spacial score (nSPS) is 11.2. The van der Waals surface area contributed by atoms with E-state index in [1.165, 1.54) is 21.3 Å². The zero-order chi connectivity index (χ0) is 18.3. The quantitative estimate of drug-likeness (QED) is 0.628. The molecule has 0 spiro atoms. The maximum atomic E-state index is 12.0. The fourth-order valence-electron chi connectivity index (χ4n) is 1.91. The number of halogens is 1. The van der Waals surface area contributed by atoms with Crippen LogP contribution in [0.15, 0.2) is 12.1 Å². The number of nitrogens with one attached hydrogen (secondary N) is 2. The molecule has 0 heterocycles. The number of ether oxygens (including phenoxy) is 3. The minimum Gasteiger partial charge on any atom is -0.494 e. The maximum Gasteiger partial charge on any atom is 0.243 e. The number of hydrogen-bond acceptors (Lipinski definition) is 6. The molecule has 0 unspecified atom stereocenters. The Morgan fingerprint density at radius 2 is 1.56 bits per heavy atom. The Hall–Kier alpha value is -2.19. The van der Waals surface area contributed by atoms with Gasteiger partial charge in [0.15, 0.2) is 11.5 Å². The van der Waals surface area contributed by atoms with E-state index >= 15 is 0 Å². The van der Waals surface area contributed by atoms with E-state index in [1.54, 1.807) is 12.1 Å². The molecule has 142 valence electrons. The van der Waals surface area contributed by atoms with Crippen LogP contribution >= 0.6 is 12.4 Å². The molecule has 1 rings (SSSR count). The van der Waals surface area contributed by atoms with Crippen molar-refractivity contribution < 1.29 is 23.8 Å². The summed E-state index contributed by atoms with van der Waals surface area (Å²) in [6.45, 7) is 3.47. The van der Waals surface area contributed by atoms with Crippen LogP contribution in [0.3, 0.4) is 0 Å². The molecular weight excluding hydrogens is 350 g/mol. The first-order valence-corrected chi connectivity index (χ1v) is 7.47. The van der Waals surface area contributed by atoms with Gasteiger partial charge in [0, 0.05) is 12.1 Å². The molecule has 0 aromatic heterocycles. The highest BCUT2D eigenvalue weighted by Crippen LogP contribution is 2.37. The van der Waals surface area contributed by atoms with Gasteiger partial charge in [-0.05, 0) is 5.92 Å². The van der Waals surface area contributed by atoms with E-state index in [4.69, 9.17) is 19.9 Å². The van der Waals surface area contributed by atoms with Crippen molar-refractivity contribution in [2.75, 3.05) is 33.2 Å². The van der Waals surface area contributed by atoms with Crippen molar-refractivity contribution in [3.05, 3.63) is 12.1 Å². The summed E-state index contributed by atoms with van der Waals surface area (Å²) in [5.74, 6) is 0.525. The maximum absolute atomic E-state index is 12.0. The van der Waals surface area contributed by atoms with E-state index < -0.39 is 11.9 Å². The Kier molecular flexibility index (Phi) is 9.70. The molecule has 25 heavy (non-hydrogen) atoms. The Morgan fingerprint density at radius 1 is 1.04 bits per heavy atom. The highest BCUT2D eigenvalue weighted by Gasteiger charge is 2.18. The summed E-state index contributed by atoms with van der Waals surface area (Å²) >= 11 is 0. The average Bonchev–Trinajstić information content (AvgIpc) is 2.58. The second-order valence-corrected chi connectivity index (χ2v) is 5.44. The smallest absolute Gasteiger partial charge is 0.243 e. The van der Waals surface area contributed by atoms with Gasteiger partial charge < -0.3 is 30.6 Å². The second kappa shape index (κ2) is 10.6. The van der Waals surface area contributed by atoms with Crippen LogP contribution in [0, 0.1) is 5.92 Å². The van der Waals surface area contributed by atoms with Crippen molar-refractivity contribution in [2.45, 2.75) is 19.9 Å². The first-order chi connectivity index (χ1) is 11.3. The minimum absolute atomic E-state index is 0. The molecule has 1 aromatic rings. The lowest BCUT2D eigenvalue weighted by molar-refractivity contribution is -0.125. The van der Waals surface area contributed by atoms with Gasteiger partial charge in [-0.2, -0.15) is 0 Å². The standard InChI is InChI=1S/C16H25N3O5.ClH/c1-9(2)15(17)16(21)18-8-14(20)19-10-6-12(23-4)13(24-5)7-11(10)22-3;/h6-7,9,15H,8,17H2,1-5H3,(H,18,21)(H,19,20);1H/t15-;/m0./s1. The van der Waals surface area contributed by atoms with Gasteiger partial charge in [-0.3, -0.25) is 9.59 Å². The highest BCUT2D eigenvalue weighted by molar-refractivity contribution is 5.96. The SMILES string of the molecule is COc1cc(OC)c(OC)cc1NC(=O)CNC(=O)[C@@H](N)C(C)C.Cl. The van der Waals surface area contributed by atoms with Crippen molar-refractivity contribution in [1.29, 1.82) is 0 Å². The second-order valence-electron chi connectivity index (χ2n) is 5.44. The molecule has 1 aromatic carbocycles. The molecule has 8 nitrogen and oxygen atoms in total. The van der Waals surface area contributed by atoms with E-state index in [-0.39, 0.29) is 30.8 Å². The highest BCUT2D eigenvalue weighted by atomic mass is 35.5. The molecule has 0 saturated carbocycles. The Morgan fingerprint density at radius 3 is 2.04 bits per heavy atom. The summed E-state index contributed by atoms with van der Waals surface area (Å²) in [4.78, 5) is 23.8. The van der Waals surface area contributed by atoms with Gasteiger partial charge in [0.25, 0.3) is 0 Å². The molecular formula is C16H26ClN3O5. The molecule has 0 aliphatic rings. The van der Waals surface area contributed by atoms with Crippen molar-refractivity contribution in [3.63, 3.8) is 0 Å². The van der Waals surface area contributed by atoms with E-state index in [1.807, 2.05) is 13.8 Å². The molecule has 0 fully saturated rings. The van der Waals surface area contributed by atoms with Gasteiger partial charge in [-0.25, -0.2) is 0 Å². The first kappa shape index (κ1) is 22.8. The lowest BCUT2D eigenvalue weighted by atomic mass is 10.1.